The van der Waals surface area contributed by atoms with Crippen molar-refractivity contribution in [3.63, 3.8) is 0 Å². The van der Waals surface area contributed by atoms with E-state index in [1.807, 2.05) is 56.8 Å². The number of aryl methyl sites for hydroxylation is 1. The minimum absolute atomic E-state index is 0.161. The van der Waals surface area contributed by atoms with Gasteiger partial charge in [-0.2, -0.15) is 0 Å². The summed E-state index contributed by atoms with van der Waals surface area (Å²) in [5.41, 5.74) is 5.09. The Bertz CT molecular complexity index is 1400. The molecule has 0 aliphatic carbocycles. The molecule has 1 amide bonds. The molecule has 4 heterocycles. The Labute approximate surface area is 218 Å². The molecule has 1 aliphatic rings. The fourth-order valence-corrected chi connectivity index (χ4v) is 5.67. The van der Waals surface area contributed by atoms with Gasteiger partial charge in [0.2, 0.25) is 22.8 Å². The van der Waals surface area contributed by atoms with Gasteiger partial charge in [-0.3, -0.25) is 4.79 Å². The Kier molecular flexibility index (Phi) is 6.53. The molecular weight excluding hydrogens is 490 g/mol. The second-order valence-corrected chi connectivity index (χ2v) is 12.1. The number of anilines is 1. The lowest BCUT2D eigenvalue weighted by Gasteiger charge is -2.37. The molecule has 0 unspecified atom stereocenters. The van der Waals surface area contributed by atoms with Crippen LogP contribution in [0.3, 0.4) is 0 Å². The van der Waals surface area contributed by atoms with Crippen LogP contribution in [0.5, 0.6) is 11.8 Å². The van der Waals surface area contributed by atoms with Crippen LogP contribution in [-0.4, -0.2) is 31.3 Å². The topological polar surface area (TPSA) is 89.9 Å². The Morgan fingerprint density at radius 1 is 1.03 bits per heavy atom. The van der Waals surface area contributed by atoms with Crippen LogP contribution in [0.2, 0.25) is 0 Å². The predicted molar refractivity (Wildman–Crippen MR) is 144 cm³/mol. The van der Waals surface area contributed by atoms with Crippen LogP contribution in [-0.2, 0) is 4.79 Å². The van der Waals surface area contributed by atoms with E-state index in [0.29, 0.717) is 22.1 Å². The van der Waals surface area contributed by atoms with Crippen LogP contribution < -0.4 is 10.1 Å². The first-order valence-electron chi connectivity index (χ1n) is 11.7. The molecule has 5 rings (SSSR count). The number of hydrogen-bond donors (Lipinski definition) is 1. The first-order valence-corrected chi connectivity index (χ1v) is 13.5. The lowest BCUT2D eigenvalue weighted by Crippen LogP contribution is -2.38. The second-order valence-electron chi connectivity index (χ2n) is 9.58. The highest BCUT2D eigenvalue weighted by molar-refractivity contribution is 7.99. The Hall–Kier alpha value is -3.30. The number of benzene rings is 1. The quantitative estimate of drug-likeness (QED) is 0.284. The summed E-state index contributed by atoms with van der Waals surface area (Å²) in [4.78, 5) is 24.2. The molecule has 3 aromatic heterocycles. The molecular formula is C27H27N5O2S2. The molecule has 0 saturated heterocycles. The van der Waals surface area contributed by atoms with Crippen molar-refractivity contribution in [2.24, 2.45) is 5.41 Å². The highest BCUT2D eigenvalue weighted by atomic mass is 32.2. The van der Waals surface area contributed by atoms with E-state index in [1.54, 1.807) is 5.51 Å². The molecule has 7 nitrogen and oxygen atoms in total. The SMILES string of the molecule is Cc1ccc2c(n1)Oc1nc(-c3ccc(SC(C)C)cc3)ccc1[C@H]2C(C)(C)C(=O)Nc1nncs1. The molecule has 1 aliphatic heterocycles. The lowest BCUT2D eigenvalue weighted by atomic mass is 9.70. The molecule has 1 aromatic carbocycles. The van der Waals surface area contributed by atoms with Gasteiger partial charge < -0.3 is 10.1 Å². The molecule has 184 valence electrons. The number of pyridine rings is 2. The van der Waals surface area contributed by atoms with E-state index in [-0.39, 0.29) is 11.8 Å². The van der Waals surface area contributed by atoms with E-state index >= 15 is 0 Å². The van der Waals surface area contributed by atoms with Crippen LogP contribution in [0.1, 0.15) is 50.4 Å². The third kappa shape index (κ3) is 4.73. The van der Waals surface area contributed by atoms with Crippen molar-refractivity contribution in [2.75, 3.05) is 5.32 Å². The zero-order valence-corrected chi connectivity index (χ0v) is 22.4. The van der Waals surface area contributed by atoms with E-state index in [0.717, 1.165) is 28.1 Å². The summed E-state index contributed by atoms with van der Waals surface area (Å²) in [5, 5.41) is 11.7. The van der Waals surface area contributed by atoms with Gasteiger partial charge >= 0.3 is 0 Å². The van der Waals surface area contributed by atoms with Crippen molar-refractivity contribution in [3.05, 3.63) is 70.9 Å². The van der Waals surface area contributed by atoms with Gasteiger partial charge in [0.25, 0.3) is 0 Å². The molecule has 0 saturated carbocycles. The highest BCUT2D eigenvalue weighted by Crippen LogP contribution is 2.51. The zero-order valence-electron chi connectivity index (χ0n) is 20.8. The van der Waals surface area contributed by atoms with Crippen LogP contribution >= 0.6 is 23.1 Å². The standard InChI is InChI=1S/C27H27N5O2S2/c1-15(2)36-18-9-7-17(8-10-18)21-13-12-20-22(27(4,5)25(33)31-26-32-28-14-35-26)19-11-6-16(3)29-23(19)34-24(20)30-21/h6-15,22H,1-5H3,(H,31,32,33)/t22-/m0/s1. The monoisotopic (exact) mass is 517 g/mol. The van der Waals surface area contributed by atoms with Crippen molar-refractivity contribution in [1.82, 2.24) is 20.2 Å². The van der Waals surface area contributed by atoms with Crippen LogP contribution in [0, 0.1) is 12.3 Å². The lowest BCUT2D eigenvalue weighted by molar-refractivity contribution is -0.124. The van der Waals surface area contributed by atoms with Crippen molar-refractivity contribution < 1.29 is 9.53 Å². The van der Waals surface area contributed by atoms with Gasteiger partial charge in [0.15, 0.2) is 0 Å². The normalized spacial score (nSPS) is 14.7. The predicted octanol–water partition coefficient (Wildman–Crippen LogP) is 6.71. The van der Waals surface area contributed by atoms with Crippen LogP contribution in [0.4, 0.5) is 5.13 Å². The van der Waals surface area contributed by atoms with Crippen molar-refractivity contribution >= 4 is 34.1 Å². The average Bonchev–Trinajstić information content (AvgIpc) is 3.35. The van der Waals surface area contributed by atoms with E-state index in [9.17, 15) is 4.79 Å². The van der Waals surface area contributed by atoms with E-state index in [4.69, 9.17) is 9.72 Å². The van der Waals surface area contributed by atoms with Gasteiger partial charge in [-0.15, -0.1) is 22.0 Å². The largest absolute Gasteiger partial charge is 0.420 e. The zero-order chi connectivity index (χ0) is 25.4. The Balaban J connectivity index is 1.54. The number of ether oxygens (including phenoxy) is 1. The van der Waals surface area contributed by atoms with Crippen molar-refractivity contribution in [1.29, 1.82) is 0 Å². The molecule has 0 radical (unpaired) electrons. The number of hydrogen-bond acceptors (Lipinski definition) is 8. The van der Waals surface area contributed by atoms with Crippen LogP contribution in [0.15, 0.2) is 58.9 Å². The van der Waals surface area contributed by atoms with E-state index < -0.39 is 5.41 Å². The van der Waals surface area contributed by atoms with Crippen molar-refractivity contribution in [3.8, 4) is 23.0 Å². The molecule has 0 fully saturated rings. The fourth-order valence-electron chi connectivity index (χ4n) is 4.39. The fraction of sp³-hybridized carbons (Fsp3) is 0.296. The van der Waals surface area contributed by atoms with Crippen LogP contribution in [0.25, 0.3) is 11.3 Å². The Morgan fingerprint density at radius 3 is 2.39 bits per heavy atom. The number of aromatic nitrogens is 4. The number of thioether (sulfide) groups is 1. The molecule has 36 heavy (non-hydrogen) atoms. The van der Waals surface area contributed by atoms with Gasteiger partial charge in [-0.1, -0.05) is 63.3 Å². The number of nitrogens with one attached hydrogen (secondary N) is 1. The first kappa shape index (κ1) is 24.4. The smallest absolute Gasteiger partial charge is 0.232 e. The second kappa shape index (κ2) is 9.63. The molecule has 0 bridgehead atoms. The summed E-state index contributed by atoms with van der Waals surface area (Å²) < 4.78 is 6.23. The molecule has 1 atom stereocenters. The number of carbonyl (C=O) groups excluding carboxylic acids is 1. The minimum atomic E-state index is -0.852. The summed E-state index contributed by atoms with van der Waals surface area (Å²) in [6.07, 6.45) is 0. The van der Waals surface area contributed by atoms with Gasteiger partial charge in [-0.05, 0) is 31.2 Å². The minimum Gasteiger partial charge on any atom is -0.420 e. The van der Waals surface area contributed by atoms with Crippen molar-refractivity contribution in [2.45, 2.75) is 50.7 Å². The highest BCUT2D eigenvalue weighted by Gasteiger charge is 2.45. The molecule has 4 aromatic rings. The summed E-state index contributed by atoms with van der Waals surface area (Å²) in [5.74, 6) is 0.479. The number of nitrogens with zero attached hydrogens (tertiary/aromatic N) is 4. The molecule has 1 N–H and O–H groups in total. The average molecular weight is 518 g/mol. The number of fused-ring (bicyclic) bond motifs is 2. The first-order chi connectivity index (χ1) is 17.2. The van der Waals surface area contributed by atoms with Gasteiger partial charge in [-0.25, -0.2) is 9.97 Å². The Morgan fingerprint density at radius 2 is 1.72 bits per heavy atom. The summed E-state index contributed by atoms with van der Waals surface area (Å²) in [6, 6.07) is 16.3. The van der Waals surface area contributed by atoms with E-state index in [2.05, 4.69) is 58.6 Å². The third-order valence-electron chi connectivity index (χ3n) is 6.14. The summed E-state index contributed by atoms with van der Waals surface area (Å²) in [7, 11) is 0. The molecule has 9 heteroatoms. The summed E-state index contributed by atoms with van der Waals surface area (Å²) in [6.45, 7) is 10.1. The number of carbonyl (C=O) groups is 1. The molecule has 0 spiro atoms. The van der Waals surface area contributed by atoms with Gasteiger partial charge in [0, 0.05) is 38.4 Å². The van der Waals surface area contributed by atoms with Gasteiger partial charge in [0.05, 0.1) is 11.1 Å². The maximum absolute atomic E-state index is 13.5. The van der Waals surface area contributed by atoms with Gasteiger partial charge in [0.1, 0.15) is 5.51 Å². The van der Waals surface area contributed by atoms with E-state index in [1.165, 1.54) is 16.2 Å². The number of rotatable bonds is 6. The maximum atomic E-state index is 13.5. The third-order valence-corrected chi connectivity index (χ3v) is 7.77. The summed E-state index contributed by atoms with van der Waals surface area (Å²) >= 11 is 3.11. The maximum Gasteiger partial charge on any atom is 0.232 e. The number of amides is 1.